The summed E-state index contributed by atoms with van der Waals surface area (Å²) in [6.07, 6.45) is 1.92. The van der Waals surface area contributed by atoms with E-state index in [0.29, 0.717) is 0 Å². The van der Waals surface area contributed by atoms with Crippen molar-refractivity contribution in [1.82, 2.24) is 19.5 Å². The Morgan fingerprint density at radius 2 is 1.15 bits per heavy atom. The molecule has 1 N–H and O–H groups in total. The van der Waals surface area contributed by atoms with Gasteiger partial charge in [0.05, 0.1) is 27.9 Å². The number of fused-ring (bicyclic) bond motifs is 6. The van der Waals surface area contributed by atoms with Crippen LogP contribution in [0.5, 0.6) is 0 Å². The maximum Gasteiger partial charge on any atom is 0.147 e. The lowest BCUT2D eigenvalue weighted by Crippen LogP contribution is -1.99. The van der Waals surface area contributed by atoms with Crippen LogP contribution in [0.3, 0.4) is 0 Å². The fourth-order valence-electron chi connectivity index (χ4n) is 8.29. The van der Waals surface area contributed by atoms with E-state index in [-0.39, 0.29) is 0 Å². The van der Waals surface area contributed by atoms with Crippen LogP contribution >= 0.6 is 0 Å². The molecule has 11 rings (SSSR count). The summed E-state index contributed by atoms with van der Waals surface area (Å²) in [5.74, 6) is 0.893. The summed E-state index contributed by atoms with van der Waals surface area (Å²) in [6, 6.07) is 64.8. The molecule has 0 spiro atoms. The molecule has 0 aliphatic carbocycles. The maximum atomic E-state index is 5.63. The molecule has 8 aromatic carbocycles. The number of benzene rings is 8. The van der Waals surface area contributed by atoms with Gasteiger partial charge in [-0.3, -0.25) is 9.55 Å². The molecular weight excluding hydrogens is 657 g/mol. The average molecular weight is 689 g/mol. The van der Waals surface area contributed by atoms with Crippen LogP contribution < -0.4 is 0 Å². The second-order valence-corrected chi connectivity index (χ2v) is 13.9. The van der Waals surface area contributed by atoms with E-state index in [0.717, 1.165) is 72.5 Å². The Labute approximate surface area is 311 Å². The Kier molecular flexibility index (Phi) is 6.82. The molecule has 0 aliphatic rings. The molecule has 3 aromatic heterocycles. The van der Waals surface area contributed by atoms with Gasteiger partial charge in [0.2, 0.25) is 0 Å². The van der Waals surface area contributed by atoms with Crippen LogP contribution in [0, 0.1) is 0 Å². The zero-order valence-electron chi connectivity index (χ0n) is 29.2. The highest BCUT2D eigenvalue weighted by molar-refractivity contribution is 6.12. The summed E-state index contributed by atoms with van der Waals surface area (Å²) in [5.41, 5.74) is 12.8. The second kappa shape index (κ2) is 12.1. The summed E-state index contributed by atoms with van der Waals surface area (Å²) < 4.78 is 2.36. The van der Waals surface area contributed by atoms with Crippen LogP contribution in [0.25, 0.3) is 105 Å². The molecule has 3 heterocycles. The quantitative estimate of drug-likeness (QED) is 0.196. The predicted octanol–water partition coefficient (Wildman–Crippen LogP) is 13.0. The molecule has 0 saturated heterocycles. The van der Waals surface area contributed by atoms with Crippen LogP contribution in [0.2, 0.25) is 0 Å². The topological polar surface area (TPSA) is 46.5 Å². The van der Waals surface area contributed by atoms with E-state index in [1.807, 2.05) is 6.20 Å². The van der Waals surface area contributed by atoms with Gasteiger partial charge in [-0.1, -0.05) is 133 Å². The zero-order chi connectivity index (χ0) is 35.6. The molecule has 4 heteroatoms. The molecule has 0 unspecified atom stereocenters. The number of hydrogen-bond acceptors (Lipinski definition) is 2. The molecule has 252 valence electrons. The van der Waals surface area contributed by atoms with E-state index in [9.17, 15) is 0 Å². The van der Waals surface area contributed by atoms with E-state index in [2.05, 4.69) is 192 Å². The first-order chi connectivity index (χ1) is 26.8. The molecule has 11 aromatic rings. The largest absolute Gasteiger partial charge is 0.354 e. The van der Waals surface area contributed by atoms with Gasteiger partial charge >= 0.3 is 0 Å². The lowest BCUT2D eigenvalue weighted by molar-refractivity contribution is 1.12. The van der Waals surface area contributed by atoms with E-state index in [4.69, 9.17) is 9.97 Å². The molecule has 0 fully saturated rings. The van der Waals surface area contributed by atoms with Crippen molar-refractivity contribution in [3.8, 4) is 50.6 Å². The van der Waals surface area contributed by atoms with E-state index in [1.54, 1.807) is 0 Å². The van der Waals surface area contributed by atoms with Crippen LogP contribution in [0.1, 0.15) is 0 Å². The summed E-state index contributed by atoms with van der Waals surface area (Å²) >= 11 is 0. The van der Waals surface area contributed by atoms with Crippen molar-refractivity contribution in [2.45, 2.75) is 0 Å². The minimum Gasteiger partial charge on any atom is -0.354 e. The Bertz CT molecular complexity index is 3220. The average Bonchev–Trinajstić information content (AvgIpc) is 3.82. The molecule has 0 radical (unpaired) electrons. The molecule has 0 aliphatic heterocycles. The molecular formula is C50H32N4. The zero-order valence-corrected chi connectivity index (χ0v) is 29.2. The number of nitrogens with zero attached hydrogens (tertiary/aromatic N) is 3. The highest BCUT2D eigenvalue weighted by Gasteiger charge is 2.22. The van der Waals surface area contributed by atoms with Gasteiger partial charge in [-0.15, -0.1) is 0 Å². The van der Waals surface area contributed by atoms with Crippen LogP contribution in [0.4, 0.5) is 0 Å². The van der Waals surface area contributed by atoms with Crippen molar-refractivity contribution < 1.29 is 0 Å². The number of aromatic nitrogens is 4. The maximum absolute atomic E-state index is 5.63. The van der Waals surface area contributed by atoms with Crippen molar-refractivity contribution in [2.75, 3.05) is 0 Å². The molecule has 0 amide bonds. The van der Waals surface area contributed by atoms with E-state index < -0.39 is 0 Å². The number of aromatic amines is 1. The highest BCUT2D eigenvalue weighted by Crippen LogP contribution is 2.41. The number of imidazole rings is 1. The fourth-order valence-corrected chi connectivity index (χ4v) is 8.29. The molecule has 54 heavy (non-hydrogen) atoms. The first-order valence-corrected chi connectivity index (χ1v) is 18.3. The highest BCUT2D eigenvalue weighted by atomic mass is 15.1. The van der Waals surface area contributed by atoms with Crippen molar-refractivity contribution in [3.63, 3.8) is 0 Å². The van der Waals surface area contributed by atoms with Gasteiger partial charge < -0.3 is 4.98 Å². The summed E-state index contributed by atoms with van der Waals surface area (Å²) in [5, 5.41) is 7.07. The number of nitrogens with one attached hydrogen (secondary N) is 1. The third-order valence-electron chi connectivity index (χ3n) is 10.8. The van der Waals surface area contributed by atoms with Gasteiger partial charge in [0.25, 0.3) is 0 Å². The number of para-hydroxylation sites is 3. The monoisotopic (exact) mass is 688 g/mol. The van der Waals surface area contributed by atoms with Crippen LogP contribution in [-0.2, 0) is 0 Å². The lowest BCUT2D eigenvalue weighted by Gasteiger charge is -2.14. The van der Waals surface area contributed by atoms with Gasteiger partial charge in [0.15, 0.2) is 0 Å². The minimum atomic E-state index is 0.893. The Morgan fingerprint density at radius 1 is 0.444 bits per heavy atom. The standard InChI is InChI=1S/C50H32N4/c1-2-13-32(14-3-1)34-27-28-51-45(31-34)43-30-36(29-35-16-5-6-18-37(35)43)39-21-12-26-47-49(39)53-50(54(47)46-25-10-17-33-15-4-7-19-38(33)46)42-23-11-22-41-40-20-8-9-24-44(40)52-48(41)42/h1-31,52H. The first-order valence-electron chi connectivity index (χ1n) is 18.3. The third kappa shape index (κ3) is 4.78. The SMILES string of the molecule is c1ccc(-c2ccnc(-c3cc(-c4cccc5c4nc(-c4cccc6c4[nH]c4ccccc46)n5-c4cccc5ccccc45)cc4ccccc34)c2)cc1. The normalized spacial score (nSPS) is 11.7. The van der Waals surface area contributed by atoms with Gasteiger partial charge in [-0.2, -0.15) is 0 Å². The number of H-pyrrole nitrogens is 1. The second-order valence-electron chi connectivity index (χ2n) is 13.9. The Morgan fingerprint density at radius 3 is 2.06 bits per heavy atom. The molecule has 0 bridgehead atoms. The van der Waals surface area contributed by atoms with Crippen molar-refractivity contribution in [3.05, 3.63) is 188 Å². The van der Waals surface area contributed by atoms with Gasteiger partial charge in [-0.25, -0.2) is 4.98 Å². The number of hydrogen-bond donors (Lipinski definition) is 1. The molecule has 4 nitrogen and oxygen atoms in total. The molecule has 0 atom stereocenters. The molecule has 0 saturated carbocycles. The Hall–Kier alpha value is -7.30. The van der Waals surface area contributed by atoms with Gasteiger partial charge in [-0.05, 0) is 81.4 Å². The van der Waals surface area contributed by atoms with E-state index >= 15 is 0 Å². The van der Waals surface area contributed by atoms with Crippen molar-refractivity contribution >= 4 is 54.4 Å². The Balaban J connectivity index is 1.19. The van der Waals surface area contributed by atoms with Crippen molar-refractivity contribution in [1.29, 1.82) is 0 Å². The number of pyridine rings is 1. The fraction of sp³-hybridized carbons (Fsp3) is 0. The van der Waals surface area contributed by atoms with Crippen LogP contribution in [-0.4, -0.2) is 19.5 Å². The van der Waals surface area contributed by atoms with E-state index in [1.165, 1.54) is 32.5 Å². The summed E-state index contributed by atoms with van der Waals surface area (Å²) in [7, 11) is 0. The minimum absolute atomic E-state index is 0.893. The summed E-state index contributed by atoms with van der Waals surface area (Å²) in [4.78, 5) is 14.3. The lowest BCUT2D eigenvalue weighted by atomic mass is 9.93. The van der Waals surface area contributed by atoms with Crippen LogP contribution in [0.15, 0.2) is 188 Å². The predicted molar refractivity (Wildman–Crippen MR) is 225 cm³/mol. The third-order valence-corrected chi connectivity index (χ3v) is 10.8. The van der Waals surface area contributed by atoms with Crippen molar-refractivity contribution in [2.24, 2.45) is 0 Å². The smallest absolute Gasteiger partial charge is 0.147 e. The first kappa shape index (κ1) is 30.3. The summed E-state index contributed by atoms with van der Waals surface area (Å²) in [6.45, 7) is 0. The van der Waals surface area contributed by atoms with Gasteiger partial charge in [0, 0.05) is 44.6 Å². The number of rotatable bonds is 5. The van der Waals surface area contributed by atoms with Gasteiger partial charge in [0.1, 0.15) is 5.82 Å².